The van der Waals surface area contributed by atoms with Gasteiger partial charge in [0.1, 0.15) is 0 Å². The second-order valence-corrected chi connectivity index (χ2v) is 4.97. The highest BCUT2D eigenvalue weighted by molar-refractivity contribution is 6.31. The highest BCUT2D eigenvalue weighted by atomic mass is 35.5. The molecule has 2 nitrogen and oxygen atoms in total. The van der Waals surface area contributed by atoms with Gasteiger partial charge in [-0.1, -0.05) is 17.7 Å². The van der Waals surface area contributed by atoms with Crippen molar-refractivity contribution in [2.75, 3.05) is 0 Å². The molecular formula is C15H16ClNO. The average molecular weight is 262 g/mol. The Bertz CT molecular complexity index is 626. The molecule has 0 unspecified atom stereocenters. The Hall–Kier alpha value is -1.54. The number of rotatable bonds is 2. The first-order valence-corrected chi connectivity index (χ1v) is 6.26. The van der Waals surface area contributed by atoms with Crippen LogP contribution in [0.25, 0.3) is 5.69 Å². The van der Waals surface area contributed by atoms with E-state index in [1.165, 1.54) is 0 Å². The zero-order valence-corrected chi connectivity index (χ0v) is 11.8. The van der Waals surface area contributed by atoms with Gasteiger partial charge in [0.2, 0.25) is 0 Å². The molecule has 1 aromatic heterocycles. The Morgan fingerprint density at radius 1 is 1.22 bits per heavy atom. The number of carbonyl (C=O) groups is 1. The number of hydrogen-bond acceptors (Lipinski definition) is 1. The van der Waals surface area contributed by atoms with Crippen LogP contribution < -0.4 is 0 Å². The first kappa shape index (κ1) is 12.9. The number of carbonyl (C=O) groups excluding carboxylic acids is 1. The fraction of sp³-hybridized carbons (Fsp3) is 0.267. The van der Waals surface area contributed by atoms with Crippen molar-refractivity contribution in [3.8, 4) is 5.69 Å². The van der Waals surface area contributed by atoms with E-state index >= 15 is 0 Å². The summed E-state index contributed by atoms with van der Waals surface area (Å²) in [7, 11) is 0. The van der Waals surface area contributed by atoms with Gasteiger partial charge in [0.15, 0.2) is 5.78 Å². The van der Waals surface area contributed by atoms with E-state index in [0.29, 0.717) is 0 Å². The average Bonchev–Trinajstić information content (AvgIpc) is 2.59. The van der Waals surface area contributed by atoms with Gasteiger partial charge in [0.25, 0.3) is 0 Å². The van der Waals surface area contributed by atoms with Crippen LogP contribution in [0.15, 0.2) is 24.3 Å². The zero-order valence-electron chi connectivity index (χ0n) is 11.0. The standard InChI is InChI=1S/C15H16ClNO/c1-9-8-13(12(4)18)11(3)17(9)15-7-5-6-14(16)10(15)2/h5-8H,1-4H3. The quantitative estimate of drug-likeness (QED) is 0.741. The fourth-order valence-electron chi connectivity index (χ4n) is 2.33. The van der Waals surface area contributed by atoms with Crippen molar-refractivity contribution >= 4 is 17.4 Å². The summed E-state index contributed by atoms with van der Waals surface area (Å²) in [6.45, 7) is 7.55. The van der Waals surface area contributed by atoms with E-state index in [4.69, 9.17) is 11.6 Å². The minimum absolute atomic E-state index is 0.0917. The molecule has 0 radical (unpaired) electrons. The van der Waals surface area contributed by atoms with E-state index < -0.39 is 0 Å². The third-order valence-corrected chi connectivity index (χ3v) is 3.70. The largest absolute Gasteiger partial charge is 0.317 e. The van der Waals surface area contributed by atoms with Gasteiger partial charge in [-0.15, -0.1) is 0 Å². The zero-order chi connectivity index (χ0) is 13.4. The summed E-state index contributed by atoms with van der Waals surface area (Å²) in [4.78, 5) is 11.6. The number of aromatic nitrogens is 1. The molecular weight excluding hydrogens is 246 g/mol. The minimum atomic E-state index is 0.0917. The maximum absolute atomic E-state index is 11.6. The monoisotopic (exact) mass is 261 g/mol. The molecule has 3 heteroatoms. The van der Waals surface area contributed by atoms with Crippen molar-refractivity contribution in [3.63, 3.8) is 0 Å². The molecule has 0 aliphatic rings. The second kappa shape index (κ2) is 4.62. The number of halogens is 1. The summed E-state index contributed by atoms with van der Waals surface area (Å²) >= 11 is 6.16. The molecule has 18 heavy (non-hydrogen) atoms. The molecule has 2 aromatic rings. The minimum Gasteiger partial charge on any atom is -0.317 e. The summed E-state index contributed by atoms with van der Waals surface area (Å²) in [5.74, 6) is 0.0917. The van der Waals surface area contributed by atoms with Crippen LogP contribution in [0.5, 0.6) is 0 Å². The highest BCUT2D eigenvalue weighted by Crippen LogP contribution is 2.27. The van der Waals surface area contributed by atoms with Gasteiger partial charge in [-0.2, -0.15) is 0 Å². The molecule has 1 heterocycles. The topological polar surface area (TPSA) is 22.0 Å². The SMILES string of the molecule is CC(=O)c1cc(C)n(-c2cccc(Cl)c2C)c1C. The van der Waals surface area contributed by atoms with Gasteiger partial charge < -0.3 is 4.57 Å². The molecule has 0 aliphatic heterocycles. The number of aryl methyl sites for hydroxylation is 1. The molecule has 0 saturated heterocycles. The second-order valence-electron chi connectivity index (χ2n) is 4.56. The molecule has 0 aliphatic carbocycles. The number of benzene rings is 1. The lowest BCUT2D eigenvalue weighted by molar-refractivity contribution is 0.101. The molecule has 0 fully saturated rings. The smallest absolute Gasteiger partial charge is 0.161 e. The molecule has 0 atom stereocenters. The Kier molecular flexibility index (Phi) is 3.31. The molecule has 0 saturated carbocycles. The molecule has 0 amide bonds. The van der Waals surface area contributed by atoms with E-state index in [9.17, 15) is 4.79 Å². The van der Waals surface area contributed by atoms with Crippen LogP contribution in [0.3, 0.4) is 0 Å². The molecule has 0 N–H and O–H groups in total. The molecule has 0 bridgehead atoms. The maximum Gasteiger partial charge on any atom is 0.161 e. The summed E-state index contributed by atoms with van der Waals surface area (Å²) in [5.41, 5.74) is 4.83. The third-order valence-electron chi connectivity index (χ3n) is 3.29. The van der Waals surface area contributed by atoms with E-state index in [0.717, 1.165) is 33.2 Å². The van der Waals surface area contributed by atoms with Crippen LogP contribution in [0.4, 0.5) is 0 Å². The van der Waals surface area contributed by atoms with E-state index in [2.05, 4.69) is 4.57 Å². The Balaban J connectivity index is 2.72. The van der Waals surface area contributed by atoms with Crippen molar-refractivity contribution in [2.24, 2.45) is 0 Å². The van der Waals surface area contributed by atoms with Crippen molar-refractivity contribution in [2.45, 2.75) is 27.7 Å². The number of ketones is 1. The first-order valence-electron chi connectivity index (χ1n) is 5.89. The van der Waals surface area contributed by atoms with Crippen LogP contribution in [0.1, 0.15) is 34.2 Å². The van der Waals surface area contributed by atoms with Crippen molar-refractivity contribution in [1.29, 1.82) is 0 Å². The van der Waals surface area contributed by atoms with E-state index in [-0.39, 0.29) is 5.78 Å². The number of Topliss-reactive ketones (excluding diaryl/α,β-unsaturated/α-hetero) is 1. The lowest BCUT2D eigenvalue weighted by Gasteiger charge is -2.13. The third kappa shape index (κ3) is 1.97. The van der Waals surface area contributed by atoms with Crippen molar-refractivity contribution in [1.82, 2.24) is 4.57 Å². The summed E-state index contributed by atoms with van der Waals surface area (Å²) in [6, 6.07) is 7.75. The van der Waals surface area contributed by atoms with Crippen LogP contribution >= 0.6 is 11.6 Å². The van der Waals surface area contributed by atoms with E-state index in [1.807, 2.05) is 45.0 Å². The summed E-state index contributed by atoms with van der Waals surface area (Å²) in [5, 5.41) is 0.740. The lowest BCUT2D eigenvalue weighted by atomic mass is 10.1. The van der Waals surface area contributed by atoms with Gasteiger partial charge in [-0.3, -0.25) is 4.79 Å². The molecule has 94 valence electrons. The van der Waals surface area contributed by atoms with Gasteiger partial charge in [0, 0.05) is 27.7 Å². The predicted molar refractivity (Wildman–Crippen MR) is 75.0 cm³/mol. The fourth-order valence-corrected chi connectivity index (χ4v) is 2.50. The van der Waals surface area contributed by atoms with E-state index in [1.54, 1.807) is 6.92 Å². The predicted octanol–water partition coefficient (Wildman–Crippen LogP) is 4.26. The van der Waals surface area contributed by atoms with Crippen LogP contribution in [-0.2, 0) is 0 Å². The summed E-state index contributed by atoms with van der Waals surface area (Å²) < 4.78 is 2.08. The van der Waals surface area contributed by atoms with Crippen molar-refractivity contribution in [3.05, 3.63) is 51.8 Å². The summed E-state index contributed by atoms with van der Waals surface area (Å²) in [6.07, 6.45) is 0. The normalized spacial score (nSPS) is 10.7. The number of hydrogen-bond donors (Lipinski definition) is 0. The number of nitrogens with zero attached hydrogens (tertiary/aromatic N) is 1. The van der Waals surface area contributed by atoms with Crippen LogP contribution in [-0.4, -0.2) is 10.4 Å². The molecule has 1 aromatic carbocycles. The lowest BCUT2D eigenvalue weighted by Crippen LogP contribution is -2.03. The van der Waals surface area contributed by atoms with Gasteiger partial charge in [-0.25, -0.2) is 0 Å². The van der Waals surface area contributed by atoms with Gasteiger partial charge >= 0.3 is 0 Å². The highest BCUT2D eigenvalue weighted by Gasteiger charge is 2.15. The maximum atomic E-state index is 11.6. The Morgan fingerprint density at radius 3 is 2.44 bits per heavy atom. The Morgan fingerprint density at radius 2 is 1.89 bits per heavy atom. The molecule has 2 rings (SSSR count). The van der Waals surface area contributed by atoms with Crippen molar-refractivity contribution < 1.29 is 4.79 Å². The van der Waals surface area contributed by atoms with Crippen LogP contribution in [0, 0.1) is 20.8 Å². The molecule has 0 spiro atoms. The Labute approximate surface area is 112 Å². The first-order chi connectivity index (χ1) is 8.43. The van der Waals surface area contributed by atoms with Crippen LogP contribution in [0.2, 0.25) is 5.02 Å². The van der Waals surface area contributed by atoms with Gasteiger partial charge in [-0.05, 0) is 51.5 Å². The van der Waals surface area contributed by atoms with Gasteiger partial charge in [0.05, 0.1) is 0 Å².